The molecular weight excluding hydrogens is 572 g/mol. The molecule has 4 aromatic rings. The maximum absolute atomic E-state index is 12.8. The van der Waals surface area contributed by atoms with Gasteiger partial charge in [0.05, 0.1) is 39.7 Å². The molecule has 3 heterocycles. The average Bonchev–Trinajstić information content (AvgIpc) is 2.97. The number of nitrogens with zero attached hydrogens (tertiary/aromatic N) is 3. The molecule has 1 aliphatic rings. The second-order valence-electron chi connectivity index (χ2n) is 9.15. The summed E-state index contributed by atoms with van der Waals surface area (Å²) in [5, 5.41) is 20.1. The van der Waals surface area contributed by atoms with Crippen LogP contribution in [0.1, 0.15) is 24.1 Å². The zero-order valence-corrected chi connectivity index (χ0v) is 23.4. The van der Waals surface area contributed by atoms with Gasteiger partial charge in [-0.25, -0.2) is 0 Å². The summed E-state index contributed by atoms with van der Waals surface area (Å²) < 4.78 is 12.2. The number of ether oxygens (including phenoxy) is 2. The Morgan fingerprint density at radius 3 is 2.73 bits per heavy atom. The van der Waals surface area contributed by atoms with E-state index in [-0.39, 0.29) is 5.91 Å². The van der Waals surface area contributed by atoms with Crippen molar-refractivity contribution < 1.29 is 14.3 Å². The van der Waals surface area contributed by atoms with Crippen LogP contribution in [0.4, 0.5) is 17.1 Å². The molecular formula is C30H27BrN6O3. The van der Waals surface area contributed by atoms with E-state index in [0.717, 1.165) is 47.4 Å². The Kier molecular flexibility index (Phi) is 8.54. The van der Waals surface area contributed by atoms with Gasteiger partial charge in [0.2, 0.25) is 5.91 Å². The van der Waals surface area contributed by atoms with Crippen molar-refractivity contribution in [2.75, 3.05) is 30.8 Å². The molecule has 1 fully saturated rings. The first-order valence-electron chi connectivity index (χ1n) is 12.8. The smallest absolute Gasteiger partial charge is 0.248 e. The Morgan fingerprint density at radius 2 is 2.00 bits per heavy atom. The number of nitrogens with one attached hydrogen (secondary N) is 3. The van der Waals surface area contributed by atoms with E-state index in [4.69, 9.17) is 9.47 Å². The highest BCUT2D eigenvalue weighted by Gasteiger charge is 2.16. The number of aromatic nitrogens is 2. The number of hydrogen-bond donors (Lipinski definition) is 3. The highest BCUT2D eigenvalue weighted by atomic mass is 79.9. The molecule has 5 rings (SSSR count). The molecule has 1 aliphatic heterocycles. The van der Waals surface area contributed by atoms with Crippen LogP contribution in [0.2, 0.25) is 0 Å². The second kappa shape index (κ2) is 12.6. The summed E-state index contributed by atoms with van der Waals surface area (Å²) in [4.78, 5) is 21.6. The minimum absolute atomic E-state index is 0.223. The predicted octanol–water partition coefficient (Wildman–Crippen LogP) is 5.84. The number of fused-ring (bicyclic) bond motifs is 1. The van der Waals surface area contributed by atoms with Crippen molar-refractivity contribution in [3.63, 3.8) is 0 Å². The molecule has 0 spiro atoms. The van der Waals surface area contributed by atoms with Crippen LogP contribution < -0.4 is 25.4 Å². The average molecular weight is 599 g/mol. The molecule has 0 atom stereocenters. The standard InChI is InChI=1S/C30H27BrN6O3/c1-39-28-15-25-23(14-26(28)37-29(38)12-19-7-10-33-11-8-19)30(20(16-32)17-35-25)36-21-5-6-27(24(31)13-21)40-18-22-4-2-3-9-34-22/h2-6,9,12-15,17,33H,7-8,10-11,18H2,1H3,(H,35,36)(H,37,38). The fraction of sp³-hybridized carbons (Fsp3) is 0.200. The molecule has 1 amide bonds. The normalized spacial score (nSPS) is 12.9. The van der Waals surface area contributed by atoms with Crippen molar-refractivity contribution in [3.05, 3.63) is 88.3 Å². The van der Waals surface area contributed by atoms with Crippen LogP contribution in [0.3, 0.4) is 0 Å². The lowest BCUT2D eigenvalue weighted by atomic mass is 10.0. The lowest BCUT2D eigenvalue weighted by molar-refractivity contribution is -0.112. The molecule has 0 bridgehead atoms. The molecule has 1 saturated heterocycles. The van der Waals surface area contributed by atoms with Crippen molar-refractivity contribution >= 4 is 49.8 Å². The maximum Gasteiger partial charge on any atom is 0.248 e. The molecule has 0 unspecified atom stereocenters. The largest absolute Gasteiger partial charge is 0.494 e. The van der Waals surface area contributed by atoms with E-state index in [1.165, 1.54) is 6.20 Å². The Balaban J connectivity index is 1.43. The van der Waals surface area contributed by atoms with Gasteiger partial charge in [0.25, 0.3) is 0 Å². The van der Waals surface area contributed by atoms with Crippen LogP contribution in [0.15, 0.2) is 77.0 Å². The third-order valence-corrected chi connectivity index (χ3v) is 7.07. The zero-order chi connectivity index (χ0) is 27.9. The van der Waals surface area contributed by atoms with Gasteiger partial charge in [-0.3, -0.25) is 14.8 Å². The highest BCUT2D eigenvalue weighted by Crippen LogP contribution is 2.37. The molecule has 40 heavy (non-hydrogen) atoms. The number of amides is 1. The van der Waals surface area contributed by atoms with Gasteiger partial charge in [-0.1, -0.05) is 11.6 Å². The fourth-order valence-electron chi connectivity index (χ4n) is 4.43. The number of pyridine rings is 2. The third-order valence-electron chi connectivity index (χ3n) is 6.45. The molecule has 2 aromatic carbocycles. The summed E-state index contributed by atoms with van der Waals surface area (Å²) in [6.07, 6.45) is 6.58. The quantitative estimate of drug-likeness (QED) is 0.216. The monoisotopic (exact) mass is 598 g/mol. The first-order chi connectivity index (χ1) is 19.5. The van der Waals surface area contributed by atoms with Crippen LogP contribution in [-0.4, -0.2) is 36.1 Å². The molecule has 9 nitrogen and oxygen atoms in total. The Bertz CT molecular complexity index is 1610. The van der Waals surface area contributed by atoms with Gasteiger partial charge in [-0.15, -0.1) is 0 Å². The van der Waals surface area contributed by atoms with Crippen LogP contribution >= 0.6 is 15.9 Å². The third kappa shape index (κ3) is 6.39. The predicted molar refractivity (Wildman–Crippen MR) is 158 cm³/mol. The van der Waals surface area contributed by atoms with Gasteiger partial charge in [-0.05, 0) is 78.3 Å². The Labute approximate surface area is 240 Å². The van der Waals surface area contributed by atoms with E-state index >= 15 is 0 Å². The molecule has 3 N–H and O–H groups in total. The van der Waals surface area contributed by atoms with Gasteiger partial charge >= 0.3 is 0 Å². The summed E-state index contributed by atoms with van der Waals surface area (Å²) in [6.45, 7) is 2.07. The number of benzene rings is 2. The number of rotatable bonds is 8. The van der Waals surface area contributed by atoms with Crippen molar-refractivity contribution in [2.45, 2.75) is 19.4 Å². The number of hydrogen-bond acceptors (Lipinski definition) is 8. The summed E-state index contributed by atoms with van der Waals surface area (Å²) in [5.74, 6) is 0.914. The van der Waals surface area contributed by atoms with E-state index < -0.39 is 0 Å². The maximum atomic E-state index is 12.8. The van der Waals surface area contributed by atoms with E-state index in [1.54, 1.807) is 31.5 Å². The number of methoxy groups -OCH3 is 1. The Hall–Kier alpha value is -4.46. The minimum Gasteiger partial charge on any atom is -0.494 e. The summed E-state index contributed by atoms with van der Waals surface area (Å²) in [6, 6.07) is 17.0. The SMILES string of the molecule is COc1cc2ncc(C#N)c(Nc3ccc(OCc4ccccn4)c(Br)c3)c2cc1NC(=O)C=C1CCNCC1. The second-order valence-corrected chi connectivity index (χ2v) is 10.0. The molecule has 0 radical (unpaired) electrons. The van der Waals surface area contributed by atoms with Gasteiger partial charge in [0, 0.05) is 35.6 Å². The van der Waals surface area contributed by atoms with Gasteiger partial charge in [-0.2, -0.15) is 5.26 Å². The first kappa shape index (κ1) is 27.1. The number of carbonyl (C=O) groups is 1. The number of nitriles is 1. The van der Waals surface area contributed by atoms with Crippen molar-refractivity contribution in [1.29, 1.82) is 5.26 Å². The molecule has 0 saturated carbocycles. The van der Waals surface area contributed by atoms with Crippen LogP contribution in [-0.2, 0) is 11.4 Å². The molecule has 0 aliphatic carbocycles. The Morgan fingerprint density at radius 1 is 1.15 bits per heavy atom. The van der Waals surface area contributed by atoms with Crippen LogP contribution in [0, 0.1) is 11.3 Å². The molecule has 10 heteroatoms. The van der Waals surface area contributed by atoms with Crippen molar-refractivity contribution in [1.82, 2.24) is 15.3 Å². The van der Waals surface area contributed by atoms with Crippen molar-refractivity contribution in [2.24, 2.45) is 0 Å². The molecule has 2 aromatic heterocycles. The first-order valence-corrected chi connectivity index (χ1v) is 13.5. The number of carbonyl (C=O) groups excluding carboxylic acids is 1. The number of anilines is 3. The fourth-order valence-corrected chi connectivity index (χ4v) is 4.92. The van der Waals surface area contributed by atoms with E-state index in [2.05, 4.69) is 47.9 Å². The summed E-state index contributed by atoms with van der Waals surface area (Å²) >= 11 is 3.58. The summed E-state index contributed by atoms with van der Waals surface area (Å²) in [7, 11) is 1.54. The number of piperidine rings is 1. The zero-order valence-electron chi connectivity index (χ0n) is 21.8. The summed E-state index contributed by atoms with van der Waals surface area (Å²) in [5.41, 5.74) is 4.69. The number of halogens is 1. The van der Waals surface area contributed by atoms with E-state index in [0.29, 0.717) is 45.9 Å². The van der Waals surface area contributed by atoms with Gasteiger partial charge in [0.1, 0.15) is 24.2 Å². The van der Waals surface area contributed by atoms with E-state index in [1.807, 2.05) is 36.4 Å². The topological polar surface area (TPSA) is 121 Å². The van der Waals surface area contributed by atoms with Crippen LogP contribution in [0.5, 0.6) is 11.5 Å². The van der Waals surface area contributed by atoms with Gasteiger partial charge in [0.15, 0.2) is 0 Å². The van der Waals surface area contributed by atoms with Crippen molar-refractivity contribution in [3.8, 4) is 17.6 Å². The van der Waals surface area contributed by atoms with E-state index in [9.17, 15) is 10.1 Å². The molecule has 202 valence electrons. The lowest BCUT2D eigenvalue weighted by Gasteiger charge is -2.17. The lowest BCUT2D eigenvalue weighted by Crippen LogP contribution is -2.24. The highest BCUT2D eigenvalue weighted by molar-refractivity contribution is 9.10. The minimum atomic E-state index is -0.223. The van der Waals surface area contributed by atoms with Gasteiger partial charge < -0.3 is 25.4 Å². The van der Waals surface area contributed by atoms with Crippen LogP contribution in [0.25, 0.3) is 10.9 Å².